The van der Waals surface area contributed by atoms with Gasteiger partial charge in [-0.15, -0.1) is 0 Å². The van der Waals surface area contributed by atoms with Crippen molar-refractivity contribution in [2.45, 2.75) is 66.1 Å². The average Bonchev–Trinajstić information content (AvgIpc) is 2.96. The zero-order chi connectivity index (χ0) is 20.4. The second kappa shape index (κ2) is 6.23. The van der Waals surface area contributed by atoms with E-state index in [4.69, 9.17) is 0 Å². The number of hydrogen-bond donors (Lipinski definition) is 2. The van der Waals surface area contributed by atoms with E-state index in [1.54, 1.807) is 0 Å². The molecule has 1 aliphatic carbocycles. The van der Waals surface area contributed by atoms with Gasteiger partial charge in [-0.1, -0.05) is 52.8 Å². The van der Waals surface area contributed by atoms with Crippen LogP contribution in [-0.4, -0.2) is 41.4 Å². The first kappa shape index (κ1) is 19.3. The summed E-state index contributed by atoms with van der Waals surface area (Å²) in [6, 6.07) is 7.39. The number of likely N-dealkylation sites (tertiary alicyclic amines) is 1. The molecule has 5 nitrogen and oxygen atoms in total. The largest absolute Gasteiger partial charge is 0.373 e. The number of piperidine rings is 1. The molecule has 152 valence electrons. The van der Waals surface area contributed by atoms with Crippen LogP contribution in [0.2, 0.25) is 0 Å². The number of nitrogens with zero attached hydrogens (tertiary/aromatic N) is 1. The fraction of sp³-hybridized carbons (Fsp3) is 0.652. The molecule has 2 N–H and O–H groups in total. The summed E-state index contributed by atoms with van der Waals surface area (Å²) in [7, 11) is 0. The molecule has 2 heterocycles. The highest BCUT2D eigenvalue weighted by Crippen LogP contribution is 2.64. The Bertz CT molecular complexity index is 785. The van der Waals surface area contributed by atoms with Gasteiger partial charge in [0.2, 0.25) is 11.8 Å². The Morgan fingerprint density at radius 3 is 2.50 bits per heavy atom. The van der Waals surface area contributed by atoms with Crippen molar-refractivity contribution in [2.75, 3.05) is 11.9 Å². The first-order valence-corrected chi connectivity index (χ1v) is 10.5. The summed E-state index contributed by atoms with van der Waals surface area (Å²) in [6.07, 6.45) is 0.658. The molecular formula is C23H33N3O2. The van der Waals surface area contributed by atoms with Crippen molar-refractivity contribution in [3.05, 3.63) is 29.8 Å². The highest BCUT2D eigenvalue weighted by atomic mass is 16.2. The van der Waals surface area contributed by atoms with Gasteiger partial charge in [0.15, 0.2) is 0 Å². The van der Waals surface area contributed by atoms with Crippen LogP contribution in [0.5, 0.6) is 0 Å². The first-order chi connectivity index (χ1) is 13.0. The van der Waals surface area contributed by atoms with Crippen molar-refractivity contribution in [3.63, 3.8) is 0 Å². The van der Waals surface area contributed by atoms with E-state index >= 15 is 0 Å². The van der Waals surface area contributed by atoms with Crippen molar-refractivity contribution >= 4 is 17.5 Å². The maximum atomic E-state index is 13.4. The maximum absolute atomic E-state index is 13.4. The fourth-order valence-electron chi connectivity index (χ4n) is 5.47. The number of carbonyl (C=O) groups is 2. The molecule has 5 heteroatoms. The normalized spacial score (nSPS) is 30.9. The van der Waals surface area contributed by atoms with Gasteiger partial charge in [-0.2, -0.15) is 0 Å². The average molecular weight is 384 g/mol. The monoisotopic (exact) mass is 383 g/mol. The summed E-state index contributed by atoms with van der Waals surface area (Å²) >= 11 is 0. The van der Waals surface area contributed by atoms with Crippen molar-refractivity contribution in [3.8, 4) is 0 Å². The van der Waals surface area contributed by atoms with Gasteiger partial charge in [-0.25, -0.2) is 0 Å². The summed E-state index contributed by atoms with van der Waals surface area (Å²) in [5.74, 6) is 1.14. The second-order valence-corrected chi connectivity index (χ2v) is 10.6. The van der Waals surface area contributed by atoms with Gasteiger partial charge in [0, 0.05) is 24.7 Å². The van der Waals surface area contributed by atoms with Crippen LogP contribution in [0.3, 0.4) is 0 Å². The zero-order valence-corrected chi connectivity index (χ0v) is 17.9. The minimum absolute atomic E-state index is 0.0619. The van der Waals surface area contributed by atoms with Gasteiger partial charge in [-0.05, 0) is 41.2 Å². The number of nitrogens with one attached hydrogen (secondary N) is 2. The predicted octanol–water partition coefficient (Wildman–Crippen LogP) is 3.06. The van der Waals surface area contributed by atoms with Gasteiger partial charge in [0.25, 0.3) is 0 Å². The lowest BCUT2D eigenvalue weighted by atomic mass is 9.85. The van der Waals surface area contributed by atoms with Crippen LogP contribution in [0.4, 0.5) is 5.69 Å². The van der Waals surface area contributed by atoms with Gasteiger partial charge < -0.3 is 15.5 Å². The Balaban J connectivity index is 1.46. The van der Waals surface area contributed by atoms with Gasteiger partial charge in [-0.3, -0.25) is 9.59 Å². The molecule has 1 saturated carbocycles. The lowest BCUT2D eigenvalue weighted by Gasteiger charge is -2.37. The lowest BCUT2D eigenvalue weighted by Crippen LogP contribution is -2.58. The van der Waals surface area contributed by atoms with Crippen molar-refractivity contribution in [1.29, 1.82) is 0 Å². The zero-order valence-electron chi connectivity index (χ0n) is 17.9. The molecule has 28 heavy (non-hydrogen) atoms. The molecule has 0 spiro atoms. The van der Waals surface area contributed by atoms with E-state index < -0.39 is 6.04 Å². The van der Waals surface area contributed by atoms with Crippen LogP contribution in [0.15, 0.2) is 24.3 Å². The Morgan fingerprint density at radius 1 is 1.25 bits per heavy atom. The molecular weight excluding hydrogens is 350 g/mol. The summed E-state index contributed by atoms with van der Waals surface area (Å²) < 4.78 is 0. The summed E-state index contributed by atoms with van der Waals surface area (Å²) in [6.45, 7) is 13.6. The molecule has 5 atom stereocenters. The second-order valence-electron chi connectivity index (χ2n) is 10.6. The molecule has 2 amide bonds. The smallest absolute Gasteiger partial charge is 0.245 e. The SMILES string of the molecule is C[C@@H]1[C@@H]2C(CN1C(=O)[C@@H](NC(=O)C1Cc3ccccc3N1)C(C)(C)C)C2(C)C. The van der Waals surface area contributed by atoms with Gasteiger partial charge in [0.1, 0.15) is 12.1 Å². The van der Waals surface area contributed by atoms with Crippen LogP contribution >= 0.6 is 0 Å². The summed E-state index contributed by atoms with van der Waals surface area (Å²) in [5, 5.41) is 6.38. The molecule has 2 unspecified atom stereocenters. The Morgan fingerprint density at radius 2 is 1.93 bits per heavy atom. The topological polar surface area (TPSA) is 61.4 Å². The number of rotatable bonds is 3. The number of para-hydroxylation sites is 1. The van der Waals surface area contributed by atoms with E-state index in [1.807, 2.05) is 49.9 Å². The Labute approximate surface area is 168 Å². The minimum atomic E-state index is -0.520. The molecule has 1 saturated heterocycles. The number of carbonyl (C=O) groups excluding carboxylic acids is 2. The van der Waals surface area contributed by atoms with Crippen LogP contribution in [-0.2, 0) is 16.0 Å². The molecule has 1 aromatic carbocycles. The highest BCUT2D eigenvalue weighted by molar-refractivity contribution is 5.93. The van der Waals surface area contributed by atoms with Crippen LogP contribution in [0.25, 0.3) is 0 Å². The first-order valence-electron chi connectivity index (χ1n) is 10.5. The fourth-order valence-corrected chi connectivity index (χ4v) is 5.47. The van der Waals surface area contributed by atoms with Crippen LogP contribution in [0, 0.1) is 22.7 Å². The Hall–Kier alpha value is -2.04. The number of amides is 2. The molecule has 2 fully saturated rings. The van der Waals surface area contributed by atoms with Crippen LogP contribution < -0.4 is 10.6 Å². The molecule has 1 aromatic rings. The van der Waals surface area contributed by atoms with Crippen molar-refractivity contribution in [2.24, 2.45) is 22.7 Å². The molecule has 2 aliphatic heterocycles. The van der Waals surface area contributed by atoms with E-state index in [-0.39, 0.29) is 29.3 Å². The van der Waals surface area contributed by atoms with Crippen molar-refractivity contribution in [1.82, 2.24) is 10.2 Å². The predicted molar refractivity (Wildman–Crippen MR) is 111 cm³/mol. The molecule has 4 rings (SSSR count). The maximum Gasteiger partial charge on any atom is 0.245 e. The van der Waals surface area contributed by atoms with E-state index in [0.29, 0.717) is 23.7 Å². The summed E-state index contributed by atoms with van der Waals surface area (Å²) in [5.41, 5.74) is 2.16. The number of fused-ring (bicyclic) bond motifs is 2. The minimum Gasteiger partial charge on any atom is -0.373 e. The van der Waals surface area contributed by atoms with Crippen LogP contribution in [0.1, 0.15) is 47.1 Å². The third kappa shape index (κ3) is 2.99. The highest BCUT2D eigenvalue weighted by Gasteiger charge is 2.66. The third-order valence-corrected chi connectivity index (χ3v) is 7.31. The molecule has 3 aliphatic rings. The van der Waals surface area contributed by atoms with E-state index in [9.17, 15) is 9.59 Å². The van der Waals surface area contributed by atoms with E-state index in [2.05, 4.69) is 31.4 Å². The van der Waals surface area contributed by atoms with E-state index in [0.717, 1.165) is 17.8 Å². The number of anilines is 1. The quantitative estimate of drug-likeness (QED) is 0.843. The van der Waals surface area contributed by atoms with E-state index in [1.165, 1.54) is 0 Å². The van der Waals surface area contributed by atoms with Gasteiger partial charge >= 0.3 is 0 Å². The Kier molecular flexibility index (Phi) is 4.29. The third-order valence-electron chi connectivity index (χ3n) is 7.31. The number of benzene rings is 1. The standard InChI is InChI=1S/C23H33N3O2/c1-13-18-15(23(18,5)6)12-26(13)21(28)19(22(2,3)4)25-20(27)17-11-14-9-7-8-10-16(14)24-17/h7-10,13,15,17-19,24H,11-12H2,1-6H3,(H,25,27)/t13-,15?,17?,18-,19-/m1/s1. The molecule has 0 bridgehead atoms. The summed E-state index contributed by atoms with van der Waals surface area (Å²) in [4.78, 5) is 28.5. The lowest BCUT2D eigenvalue weighted by molar-refractivity contribution is -0.141. The molecule has 0 radical (unpaired) electrons. The molecule has 0 aromatic heterocycles. The van der Waals surface area contributed by atoms with Crippen molar-refractivity contribution < 1.29 is 9.59 Å². The van der Waals surface area contributed by atoms with Gasteiger partial charge in [0.05, 0.1) is 0 Å². The number of hydrogen-bond acceptors (Lipinski definition) is 3.